The Morgan fingerprint density at radius 3 is 1.63 bits per heavy atom. The zero-order valence-corrected chi connectivity index (χ0v) is 37.0. The van der Waals surface area contributed by atoms with E-state index in [0.717, 1.165) is 78.0 Å². The third-order valence-corrected chi connectivity index (χ3v) is 14.4. The molecule has 1 aliphatic rings. The van der Waals surface area contributed by atoms with Gasteiger partial charge >= 0.3 is 0 Å². The molecule has 0 N–H and O–H groups in total. The second-order valence-corrected chi connectivity index (χ2v) is 18.4. The van der Waals surface area contributed by atoms with Gasteiger partial charge in [-0.2, -0.15) is 0 Å². The highest BCUT2D eigenvalue weighted by Crippen LogP contribution is 2.53. The van der Waals surface area contributed by atoms with Gasteiger partial charge in [0.15, 0.2) is 11.2 Å². The molecular formula is C63H42N2O2. The fraction of sp³-hybridized carbons (Fsp3) is 0.0476. The minimum atomic E-state index is -0.317. The summed E-state index contributed by atoms with van der Waals surface area (Å²) in [7, 11) is 0. The summed E-state index contributed by atoms with van der Waals surface area (Å²) in [5.74, 6) is 0. The molecule has 13 aromatic rings. The lowest BCUT2D eigenvalue weighted by molar-refractivity contribution is 0.645. The second-order valence-electron chi connectivity index (χ2n) is 18.4. The van der Waals surface area contributed by atoms with Crippen LogP contribution in [0, 0.1) is 0 Å². The maximum absolute atomic E-state index is 6.74. The first-order chi connectivity index (χ1) is 33.0. The van der Waals surface area contributed by atoms with Crippen molar-refractivity contribution in [3.05, 3.63) is 230 Å². The lowest BCUT2D eigenvalue weighted by Crippen LogP contribution is -2.24. The van der Waals surface area contributed by atoms with E-state index in [1.54, 1.807) is 0 Å². The number of benzene rings is 11. The first-order valence-corrected chi connectivity index (χ1v) is 23.1. The van der Waals surface area contributed by atoms with Crippen LogP contribution >= 0.6 is 0 Å². The van der Waals surface area contributed by atoms with Gasteiger partial charge in [0, 0.05) is 49.4 Å². The zero-order chi connectivity index (χ0) is 44.4. The van der Waals surface area contributed by atoms with Crippen molar-refractivity contribution < 1.29 is 8.83 Å². The molecule has 0 radical (unpaired) electrons. The van der Waals surface area contributed by atoms with Crippen LogP contribution < -0.4 is 9.80 Å². The molecule has 4 heteroatoms. The van der Waals surface area contributed by atoms with Crippen LogP contribution in [0.2, 0.25) is 0 Å². The van der Waals surface area contributed by atoms with Crippen molar-refractivity contribution >= 4 is 110 Å². The third-order valence-electron chi connectivity index (χ3n) is 14.4. The summed E-state index contributed by atoms with van der Waals surface area (Å²) in [5, 5.41) is 11.8. The van der Waals surface area contributed by atoms with Gasteiger partial charge in [0.2, 0.25) is 0 Å². The summed E-state index contributed by atoms with van der Waals surface area (Å²) in [5.41, 5.74) is 14.6. The van der Waals surface area contributed by atoms with Crippen LogP contribution in [0.3, 0.4) is 0 Å². The Morgan fingerprint density at radius 2 is 0.881 bits per heavy atom. The molecule has 0 saturated heterocycles. The molecule has 14 rings (SSSR count). The van der Waals surface area contributed by atoms with Gasteiger partial charge in [-0.15, -0.1) is 0 Å². The Labute approximate surface area is 387 Å². The third kappa shape index (κ3) is 5.54. The molecule has 0 saturated carbocycles. The van der Waals surface area contributed by atoms with Gasteiger partial charge in [0.25, 0.3) is 0 Å². The maximum Gasteiger partial charge on any atom is 0.159 e. The van der Waals surface area contributed by atoms with Crippen LogP contribution in [-0.4, -0.2) is 0 Å². The normalized spacial score (nSPS) is 13.0. The average Bonchev–Trinajstić information content (AvgIpc) is 3.96. The predicted molar refractivity (Wildman–Crippen MR) is 280 cm³/mol. The number of fused-ring (bicyclic) bond motifs is 11. The molecular weight excluding hydrogens is 817 g/mol. The summed E-state index contributed by atoms with van der Waals surface area (Å²) >= 11 is 0. The van der Waals surface area contributed by atoms with Crippen molar-refractivity contribution in [1.29, 1.82) is 0 Å². The molecule has 0 atom stereocenters. The first-order valence-electron chi connectivity index (χ1n) is 23.1. The van der Waals surface area contributed by atoms with Crippen LogP contribution in [-0.2, 0) is 5.41 Å². The summed E-state index contributed by atoms with van der Waals surface area (Å²) < 4.78 is 13.4. The Kier molecular flexibility index (Phi) is 8.00. The lowest BCUT2D eigenvalue weighted by Gasteiger charge is -2.37. The molecule has 11 aromatic carbocycles. The zero-order valence-electron chi connectivity index (χ0n) is 37.0. The predicted octanol–water partition coefficient (Wildman–Crippen LogP) is 18.2. The van der Waals surface area contributed by atoms with Crippen molar-refractivity contribution in [3.63, 3.8) is 0 Å². The summed E-state index contributed by atoms with van der Waals surface area (Å²) in [6, 6.07) is 78.9. The number of rotatable bonds is 6. The monoisotopic (exact) mass is 858 g/mol. The SMILES string of the molecule is CC1(C)c2cc(N(c3ccccc3)c3cccc4c3oc3ccccc34)ccc2-c2cc3ccc(N(c4cccc5ccccc45)c4cccc5c4oc4ccccc45)cc3c3cccc1c23. The number of hydrogen-bond acceptors (Lipinski definition) is 4. The number of furan rings is 2. The van der Waals surface area contributed by atoms with Gasteiger partial charge in [-0.25, -0.2) is 0 Å². The second kappa shape index (κ2) is 14.2. The fourth-order valence-corrected chi connectivity index (χ4v) is 11.3. The van der Waals surface area contributed by atoms with Crippen molar-refractivity contribution in [1.82, 2.24) is 0 Å². The van der Waals surface area contributed by atoms with Gasteiger partial charge in [0.1, 0.15) is 11.2 Å². The Bertz CT molecular complexity index is 4150. The molecule has 0 amide bonds. The molecule has 67 heavy (non-hydrogen) atoms. The smallest absolute Gasteiger partial charge is 0.159 e. The van der Waals surface area contributed by atoms with E-state index in [1.807, 2.05) is 12.1 Å². The molecule has 1 aliphatic carbocycles. The van der Waals surface area contributed by atoms with Crippen molar-refractivity contribution in [2.75, 3.05) is 9.80 Å². The molecule has 0 unspecified atom stereocenters. The van der Waals surface area contributed by atoms with Gasteiger partial charge in [-0.3, -0.25) is 0 Å². The topological polar surface area (TPSA) is 32.8 Å². The van der Waals surface area contributed by atoms with Crippen LogP contribution in [0.4, 0.5) is 34.1 Å². The summed E-state index contributed by atoms with van der Waals surface area (Å²) in [4.78, 5) is 4.75. The van der Waals surface area contributed by atoms with E-state index in [-0.39, 0.29) is 5.41 Å². The molecule has 0 spiro atoms. The lowest BCUT2D eigenvalue weighted by atomic mass is 9.68. The van der Waals surface area contributed by atoms with Crippen molar-refractivity contribution in [3.8, 4) is 11.1 Å². The highest BCUT2D eigenvalue weighted by Gasteiger charge is 2.35. The highest BCUT2D eigenvalue weighted by atomic mass is 16.3. The minimum absolute atomic E-state index is 0.317. The van der Waals surface area contributed by atoms with Crippen LogP contribution in [0.1, 0.15) is 25.0 Å². The first kappa shape index (κ1) is 37.7. The standard InChI is InChI=1S/C63H42N2O2/c1-63(2)53-26-13-23-48-51-37-42(65(55-27-12-17-39-16-6-7-20-44(39)55)57-29-15-25-50-47-22-9-11-31-59(47)67-62(50)57)33-32-40(51)36-52(60(48)53)45-35-34-43(38-54(45)63)64(41-18-4-3-5-19-41)56-28-14-24-49-46-21-8-10-30-58(46)66-61(49)56/h3-38H,1-2H3. The van der Waals surface area contributed by atoms with E-state index >= 15 is 0 Å². The van der Waals surface area contributed by atoms with E-state index < -0.39 is 0 Å². The number of para-hydroxylation sites is 5. The van der Waals surface area contributed by atoms with Gasteiger partial charge in [-0.05, 0) is 122 Å². The van der Waals surface area contributed by atoms with Gasteiger partial charge in [0.05, 0.1) is 17.1 Å². The Hall–Kier alpha value is -8.60. The minimum Gasteiger partial charge on any atom is -0.454 e. The summed E-state index contributed by atoms with van der Waals surface area (Å²) in [6.45, 7) is 4.77. The molecule has 2 heterocycles. The number of anilines is 6. The van der Waals surface area contributed by atoms with Crippen molar-refractivity contribution in [2.24, 2.45) is 0 Å². The van der Waals surface area contributed by atoms with E-state index in [1.165, 1.54) is 54.6 Å². The van der Waals surface area contributed by atoms with Gasteiger partial charge < -0.3 is 18.6 Å². The molecule has 0 aliphatic heterocycles. The van der Waals surface area contributed by atoms with E-state index in [2.05, 4.69) is 230 Å². The van der Waals surface area contributed by atoms with E-state index in [9.17, 15) is 0 Å². The maximum atomic E-state index is 6.74. The quantitative estimate of drug-likeness (QED) is 0.156. The molecule has 2 aromatic heterocycles. The van der Waals surface area contributed by atoms with Crippen LogP contribution in [0.25, 0.3) is 87.3 Å². The van der Waals surface area contributed by atoms with E-state index in [4.69, 9.17) is 8.83 Å². The molecule has 0 bridgehead atoms. The van der Waals surface area contributed by atoms with Crippen LogP contribution in [0.5, 0.6) is 0 Å². The Morgan fingerprint density at radius 1 is 0.328 bits per heavy atom. The van der Waals surface area contributed by atoms with E-state index in [0.29, 0.717) is 0 Å². The molecule has 0 fully saturated rings. The molecule has 4 nitrogen and oxygen atoms in total. The van der Waals surface area contributed by atoms with Crippen LogP contribution in [0.15, 0.2) is 227 Å². The highest BCUT2D eigenvalue weighted by molar-refractivity contribution is 6.19. The summed E-state index contributed by atoms with van der Waals surface area (Å²) in [6.07, 6.45) is 0. The van der Waals surface area contributed by atoms with Crippen molar-refractivity contribution in [2.45, 2.75) is 19.3 Å². The average molecular weight is 859 g/mol. The van der Waals surface area contributed by atoms with Gasteiger partial charge in [-0.1, -0.05) is 159 Å². The largest absolute Gasteiger partial charge is 0.454 e. The Balaban J connectivity index is 0.969. The molecule has 316 valence electrons. The number of nitrogens with zero attached hydrogens (tertiary/aromatic N) is 2. The number of hydrogen-bond donors (Lipinski definition) is 0. The fourth-order valence-electron chi connectivity index (χ4n) is 11.3.